The molecule has 2 heterocycles. The van der Waals surface area contributed by atoms with E-state index in [1.54, 1.807) is 12.1 Å². The van der Waals surface area contributed by atoms with E-state index in [2.05, 4.69) is 194 Å². The van der Waals surface area contributed by atoms with Gasteiger partial charge in [-0.05, 0) is 129 Å². The first-order chi connectivity index (χ1) is 48.8. The lowest BCUT2D eigenvalue weighted by molar-refractivity contribution is 0.670. The Morgan fingerprint density at radius 3 is 0.911 bits per heavy atom. The van der Waals surface area contributed by atoms with Crippen molar-refractivity contribution in [3.8, 4) is 89.0 Å². The van der Waals surface area contributed by atoms with Crippen molar-refractivity contribution in [1.82, 2.24) is 0 Å². The summed E-state index contributed by atoms with van der Waals surface area (Å²) in [6.45, 7) is 0. The Hall–Kier alpha value is -11.8. The fourth-order valence-corrected chi connectivity index (χ4v) is 13.5. The van der Waals surface area contributed by atoms with E-state index in [-0.39, 0.29) is 59.5 Å². The highest BCUT2D eigenvalue weighted by molar-refractivity contribution is 6.25. The Morgan fingerprint density at radius 1 is 0.189 bits per heavy atom. The van der Waals surface area contributed by atoms with E-state index >= 15 is 0 Å². The monoisotopic (exact) mass is 1150 g/mol. The van der Waals surface area contributed by atoms with Crippen LogP contribution in [0.5, 0.6) is 0 Å². The van der Waals surface area contributed by atoms with Gasteiger partial charge >= 0.3 is 0 Å². The van der Waals surface area contributed by atoms with Gasteiger partial charge in [0.15, 0.2) is 0 Å². The van der Waals surface area contributed by atoms with Crippen LogP contribution < -0.4 is 0 Å². The minimum Gasteiger partial charge on any atom is -0.455 e. The summed E-state index contributed by atoms with van der Waals surface area (Å²) in [7, 11) is 0. The standard InChI is InChI=1S/2C44H28O/c1-4-14-29(15-5-1)32-20-10-23-35-40(32)28-41-33(30-16-6-2-7-17-30)21-11-24-36(41)42(35)39-27-13-26-38-37-25-12-22-34(43(37)45-44(38)39)31-18-8-3-9-19-31;1-4-13-29(14-5-1)32-25-26-42-41(27-32)37-23-12-24-38(44(37)45-42)43-35-21-10-19-33(30-15-6-2-7-16-30)39(35)28-40-34(20-11-22-36(40)43)31-17-8-3-9-18-31/h2*1-28H/i3D,8D,9D,18D,19D;1D,4D,5D,13D,14D. The van der Waals surface area contributed by atoms with Crippen LogP contribution in [-0.2, 0) is 0 Å². The first-order valence-corrected chi connectivity index (χ1v) is 30.1. The van der Waals surface area contributed by atoms with Gasteiger partial charge in [-0.15, -0.1) is 0 Å². The maximum atomic E-state index is 8.71. The van der Waals surface area contributed by atoms with E-state index in [9.17, 15) is 0 Å². The molecule has 0 spiro atoms. The van der Waals surface area contributed by atoms with Crippen LogP contribution in [0.3, 0.4) is 0 Å². The topological polar surface area (TPSA) is 26.3 Å². The highest BCUT2D eigenvalue weighted by atomic mass is 16.3. The van der Waals surface area contributed by atoms with Crippen molar-refractivity contribution in [3.63, 3.8) is 0 Å². The van der Waals surface area contributed by atoms with Crippen molar-refractivity contribution < 1.29 is 22.5 Å². The molecule has 0 saturated heterocycles. The molecule has 2 nitrogen and oxygen atoms in total. The Morgan fingerprint density at radius 2 is 0.511 bits per heavy atom. The second kappa shape index (κ2) is 22.1. The van der Waals surface area contributed by atoms with Gasteiger partial charge in [-0.2, -0.15) is 0 Å². The second-order valence-corrected chi connectivity index (χ2v) is 22.5. The third-order valence-corrected chi connectivity index (χ3v) is 17.5. The molecule has 18 aromatic rings. The van der Waals surface area contributed by atoms with E-state index in [0.717, 1.165) is 137 Å². The van der Waals surface area contributed by atoms with Crippen molar-refractivity contribution in [1.29, 1.82) is 0 Å². The smallest absolute Gasteiger partial charge is 0.143 e. The average Bonchev–Trinajstić information content (AvgIpc) is 0.815. The molecule has 0 N–H and O–H groups in total. The Labute approximate surface area is 535 Å². The summed E-state index contributed by atoms with van der Waals surface area (Å²) in [5, 5.41) is 12.3. The summed E-state index contributed by atoms with van der Waals surface area (Å²) in [6, 6.07) is 92.5. The van der Waals surface area contributed by atoms with Crippen molar-refractivity contribution in [2.75, 3.05) is 0 Å². The molecule has 90 heavy (non-hydrogen) atoms. The zero-order valence-electron chi connectivity index (χ0n) is 58.4. The molecule has 0 aliphatic carbocycles. The zero-order valence-corrected chi connectivity index (χ0v) is 48.4. The number of para-hydroxylation sites is 3. The lowest BCUT2D eigenvalue weighted by atomic mass is 9.86. The maximum absolute atomic E-state index is 8.71. The Balaban J connectivity index is 0.000000150. The molecule has 0 amide bonds. The van der Waals surface area contributed by atoms with Crippen LogP contribution in [0.15, 0.2) is 348 Å². The van der Waals surface area contributed by atoms with Gasteiger partial charge in [-0.3, -0.25) is 0 Å². The minimum atomic E-state index is -0.421. The van der Waals surface area contributed by atoms with E-state index in [4.69, 9.17) is 22.5 Å². The third kappa shape index (κ3) is 8.96. The molecule has 0 unspecified atom stereocenters. The highest BCUT2D eigenvalue weighted by Gasteiger charge is 2.23. The molecule has 420 valence electrons. The van der Waals surface area contributed by atoms with Gasteiger partial charge in [0.25, 0.3) is 0 Å². The van der Waals surface area contributed by atoms with Crippen LogP contribution in [0.4, 0.5) is 0 Å². The molecule has 0 radical (unpaired) electrons. The number of furan rings is 2. The van der Waals surface area contributed by atoms with Crippen LogP contribution in [0.25, 0.3) is 176 Å². The summed E-state index contributed by atoms with van der Waals surface area (Å²) >= 11 is 0. The van der Waals surface area contributed by atoms with Crippen LogP contribution in [0.2, 0.25) is 0 Å². The van der Waals surface area contributed by atoms with Crippen LogP contribution in [-0.4, -0.2) is 0 Å². The maximum Gasteiger partial charge on any atom is 0.143 e. The summed E-state index contributed by atoms with van der Waals surface area (Å²) < 4.78 is 97.3. The Kier molecular flexibility index (Phi) is 10.6. The van der Waals surface area contributed by atoms with Gasteiger partial charge in [-0.1, -0.05) is 315 Å². The van der Waals surface area contributed by atoms with Gasteiger partial charge in [0.2, 0.25) is 0 Å². The first-order valence-electron chi connectivity index (χ1n) is 35.1. The van der Waals surface area contributed by atoms with Crippen LogP contribution >= 0.6 is 0 Å². The van der Waals surface area contributed by atoms with Gasteiger partial charge in [0.05, 0.1) is 13.7 Å². The normalized spacial score (nSPS) is 13.1. The minimum absolute atomic E-state index is 0.123. The van der Waals surface area contributed by atoms with Gasteiger partial charge < -0.3 is 8.83 Å². The zero-order chi connectivity index (χ0) is 68.2. The van der Waals surface area contributed by atoms with Crippen molar-refractivity contribution in [2.45, 2.75) is 0 Å². The SMILES string of the molecule is [2H]c1c([2H])c([2H])c(-c2ccc3oc4c(-c5c6cccc(-c7ccccc7)c6cc6c(-c7ccccc7)cccc56)cccc4c3c2)c([2H])c1[2H].[2H]c1c([2H])c([2H])c(-c2cccc3c2oc2c(-c4c5cccc(-c6ccccc6)c5cc5c(-c6ccccc6)cccc45)cccc23)c([2H])c1[2H]. The molecule has 0 bridgehead atoms. The molecule has 0 aliphatic rings. The second-order valence-electron chi connectivity index (χ2n) is 22.5. The predicted octanol–water partition coefficient (Wildman–Crippen LogP) is 25.1. The van der Waals surface area contributed by atoms with Crippen molar-refractivity contribution in [3.05, 3.63) is 339 Å². The number of benzene rings is 16. The highest BCUT2D eigenvalue weighted by Crippen LogP contribution is 2.49. The fourth-order valence-electron chi connectivity index (χ4n) is 13.5. The van der Waals surface area contributed by atoms with Gasteiger partial charge in [0.1, 0.15) is 22.3 Å². The lowest BCUT2D eigenvalue weighted by Gasteiger charge is -2.17. The summed E-state index contributed by atoms with van der Waals surface area (Å²) in [4.78, 5) is 0. The molecule has 2 aromatic heterocycles. The van der Waals surface area contributed by atoms with Crippen LogP contribution in [0.1, 0.15) is 13.7 Å². The van der Waals surface area contributed by atoms with Gasteiger partial charge in [0, 0.05) is 49.4 Å². The predicted molar refractivity (Wildman–Crippen MR) is 381 cm³/mol. The summed E-state index contributed by atoms with van der Waals surface area (Å²) in [5.41, 5.74) is 16.9. The molecule has 0 fully saturated rings. The number of hydrogen-bond acceptors (Lipinski definition) is 2. The van der Waals surface area contributed by atoms with E-state index in [1.807, 2.05) is 72.8 Å². The average molecular weight is 1160 g/mol. The largest absolute Gasteiger partial charge is 0.455 e. The molecule has 0 saturated carbocycles. The van der Waals surface area contributed by atoms with Gasteiger partial charge in [-0.25, -0.2) is 0 Å². The van der Waals surface area contributed by atoms with E-state index < -0.39 is 12.1 Å². The molecular formula is C88H56O2. The number of hydrogen-bond donors (Lipinski definition) is 0. The fraction of sp³-hybridized carbons (Fsp3) is 0. The first kappa shape index (κ1) is 42.9. The number of fused-ring (bicyclic) bond motifs is 10. The van der Waals surface area contributed by atoms with E-state index in [1.165, 1.54) is 0 Å². The third-order valence-electron chi connectivity index (χ3n) is 17.5. The molecule has 0 atom stereocenters. The molecule has 2 heteroatoms. The van der Waals surface area contributed by atoms with Crippen LogP contribution in [0, 0.1) is 0 Å². The quantitative estimate of drug-likeness (QED) is 0.142. The molecule has 0 aliphatic heterocycles. The summed E-state index contributed by atoms with van der Waals surface area (Å²) in [5.74, 6) is 0. The number of rotatable bonds is 8. The lowest BCUT2D eigenvalue weighted by Crippen LogP contribution is -1.91. The molecule has 16 aromatic carbocycles. The molecule has 18 rings (SSSR count). The summed E-state index contributed by atoms with van der Waals surface area (Å²) in [6.07, 6.45) is 0. The van der Waals surface area contributed by atoms with Crippen molar-refractivity contribution >= 4 is 87.0 Å². The van der Waals surface area contributed by atoms with E-state index in [0.29, 0.717) is 27.9 Å². The molecular weight excluding hydrogens is 1090 g/mol. The van der Waals surface area contributed by atoms with Crippen molar-refractivity contribution in [2.24, 2.45) is 0 Å². The Bertz CT molecular complexity index is 6120.